The number of halogens is 1. The van der Waals surface area contributed by atoms with Crippen molar-refractivity contribution < 1.29 is 23.7 Å². The number of rotatable bonds is 5. The smallest absolute Gasteiger partial charge is 0.338 e. The fourth-order valence-corrected chi connectivity index (χ4v) is 2.71. The molecule has 1 heterocycles. The molecule has 0 unspecified atom stereocenters. The molecule has 132 valence electrons. The molecule has 1 aliphatic rings. The van der Waals surface area contributed by atoms with Crippen molar-refractivity contribution in [2.24, 2.45) is 0 Å². The molecule has 0 amide bonds. The van der Waals surface area contributed by atoms with Gasteiger partial charge in [0.25, 0.3) is 0 Å². The van der Waals surface area contributed by atoms with E-state index in [1.165, 1.54) is 0 Å². The SMILES string of the molecule is CC(C)Oc1ccc(C(=O)OCc2cc(Cl)c3c(c2)OCCO3)cc1. The molecule has 0 aromatic heterocycles. The molecule has 0 saturated carbocycles. The summed E-state index contributed by atoms with van der Waals surface area (Å²) in [6.45, 7) is 4.93. The summed E-state index contributed by atoms with van der Waals surface area (Å²) in [7, 11) is 0. The third-order valence-electron chi connectivity index (χ3n) is 3.49. The summed E-state index contributed by atoms with van der Waals surface area (Å²) in [4.78, 5) is 12.2. The van der Waals surface area contributed by atoms with E-state index in [2.05, 4.69) is 0 Å². The number of carbonyl (C=O) groups is 1. The van der Waals surface area contributed by atoms with Crippen LogP contribution in [0.3, 0.4) is 0 Å². The molecular weight excluding hydrogens is 344 g/mol. The van der Waals surface area contributed by atoms with Gasteiger partial charge in [0, 0.05) is 0 Å². The molecular formula is C19H19ClO5. The van der Waals surface area contributed by atoms with E-state index in [0.717, 1.165) is 5.56 Å². The van der Waals surface area contributed by atoms with Crippen LogP contribution in [0.25, 0.3) is 0 Å². The van der Waals surface area contributed by atoms with Gasteiger partial charge < -0.3 is 18.9 Å². The van der Waals surface area contributed by atoms with Gasteiger partial charge in [-0.25, -0.2) is 4.79 Å². The molecule has 25 heavy (non-hydrogen) atoms. The zero-order valence-corrected chi connectivity index (χ0v) is 14.8. The lowest BCUT2D eigenvalue weighted by Gasteiger charge is -2.20. The minimum absolute atomic E-state index is 0.0813. The maximum Gasteiger partial charge on any atom is 0.338 e. The van der Waals surface area contributed by atoms with E-state index in [9.17, 15) is 4.79 Å². The fraction of sp³-hybridized carbons (Fsp3) is 0.316. The molecule has 6 heteroatoms. The molecule has 0 aliphatic carbocycles. The van der Waals surface area contributed by atoms with Crippen LogP contribution in [0, 0.1) is 0 Å². The van der Waals surface area contributed by atoms with Crippen LogP contribution in [0.15, 0.2) is 36.4 Å². The Morgan fingerprint density at radius 3 is 2.60 bits per heavy atom. The Kier molecular flexibility index (Phi) is 5.34. The van der Waals surface area contributed by atoms with E-state index in [1.54, 1.807) is 36.4 Å². The monoisotopic (exact) mass is 362 g/mol. The molecule has 1 aliphatic heterocycles. The van der Waals surface area contributed by atoms with Gasteiger partial charge in [-0.1, -0.05) is 11.6 Å². The highest BCUT2D eigenvalue weighted by molar-refractivity contribution is 6.32. The van der Waals surface area contributed by atoms with Gasteiger partial charge in [0.05, 0.1) is 16.7 Å². The number of fused-ring (bicyclic) bond motifs is 1. The van der Waals surface area contributed by atoms with Crippen molar-refractivity contribution in [1.29, 1.82) is 0 Å². The molecule has 0 radical (unpaired) electrons. The first-order valence-electron chi connectivity index (χ1n) is 8.05. The van der Waals surface area contributed by atoms with Crippen molar-refractivity contribution in [2.75, 3.05) is 13.2 Å². The molecule has 0 N–H and O–H groups in total. The van der Waals surface area contributed by atoms with Gasteiger partial charge in [-0.3, -0.25) is 0 Å². The van der Waals surface area contributed by atoms with Gasteiger partial charge in [-0.15, -0.1) is 0 Å². The zero-order valence-electron chi connectivity index (χ0n) is 14.1. The zero-order chi connectivity index (χ0) is 17.8. The van der Waals surface area contributed by atoms with Crippen LogP contribution < -0.4 is 14.2 Å². The Hall–Kier alpha value is -2.40. The molecule has 0 bridgehead atoms. The maximum absolute atomic E-state index is 12.2. The highest BCUT2D eigenvalue weighted by Crippen LogP contribution is 2.38. The Bertz CT molecular complexity index is 755. The van der Waals surface area contributed by atoms with Crippen LogP contribution in [0.5, 0.6) is 17.2 Å². The molecule has 2 aromatic carbocycles. The van der Waals surface area contributed by atoms with Crippen LogP contribution in [-0.4, -0.2) is 25.3 Å². The average Bonchev–Trinajstić information content (AvgIpc) is 2.60. The molecule has 0 atom stereocenters. The van der Waals surface area contributed by atoms with Crippen LogP contribution in [-0.2, 0) is 11.3 Å². The number of ether oxygens (including phenoxy) is 4. The molecule has 0 fully saturated rings. The minimum Gasteiger partial charge on any atom is -0.491 e. The summed E-state index contributed by atoms with van der Waals surface area (Å²) in [5.74, 6) is 1.40. The summed E-state index contributed by atoms with van der Waals surface area (Å²) in [6, 6.07) is 10.3. The lowest BCUT2D eigenvalue weighted by Crippen LogP contribution is -2.16. The van der Waals surface area contributed by atoms with Gasteiger partial charge in [0.15, 0.2) is 11.5 Å². The number of esters is 1. The lowest BCUT2D eigenvalue weighted by molar-refractivity contribution is 0.0472. The summed E-state index contributed by atoms with van der Waals surface area (Å²) in [6.07, 6.45) is 0.0813. The third kappa shape index (κ3) is 4.37. The van der Waals surface area contributed by atoms with Crippen LogP contribution >= 0.6 is 11.6 Å². The second-order valence-electron chi connectivity index (χ2n) is 5.87. The van der Waals surface area contributed by atoms with E-state index in [4.69, 9.17) is 30.5 Å². The van der Waals surface area contributed by atoms with Gasteiger partial charge in [-0.2, -0.15) is 0 Å². The van der Waals surface area contributed by atoms with Gasteiger partial charge in [-0.05, 0) is 55.8 Å². The predicted molar refractivity (Wildman–Crippen MR) is 93.8 cm³/mol. The predicted octanol–water partition coefficient (Wildman–Crippen LogP) is 4.26. The lowest BCUT2D eigenvalue weighted by atomic mass is 10.2. The largest absolute Gasteiger partial charge is 0.491 e. The molecule has 5 nitrogen and oxygen atoms in total. The normalized spacial score (nSPS) is 12.8. The van der Waals surface area contributed by atoms with Crippen molar-refractivity contribution in [2.45, 2.75) is 26.6 Å². The first-order chi connectivity index (χ1) is 12.0. The topological polar surface area (TPSA) is 54.0 Å². The van der Waals surface area contributed by atoms with Crippen molar-refractivity contribution in [1.82, 2.24) is 0 Å². The van der Waals surface area contributed by atoms with Gasteiger partial charge >= 0.3 is 5.97 Å². The summed E-state index contributed by atoms with van der Waals surface area (Å²) in [5, 5.41) is 0.443. The Morgan fingerprint density at radius 2 is 1.88 bits per heavy atom. The first-order valence-corrected chi connectivity index (χ1v) is 8.42. The van der Waals surface area contributed by atoms with Gasteiger partial charge in [0.1, 0.15) is 25.6 Å². The number of hydrogen-bond donors (Lipinski definition) is 0. The van der Waals surface area contributed by atoms with Crippen molar-refractivity contribution in [3.63, 3.8) is 0 Å². The van der Waals surface area contributed by atoms with Gasteiger partial charge in [0.2, 0.25) is 0 Å². The van der Waals surface area contributed by atoms with Crippen LogP contribution in [0.2, 0.25) is 5.02 Å². The number of hydrogen-bond acceptors (Lipinski definition) is 5. The summed E-state index contributed by atoms with van der Waals surface area (Å²) in [5.41, 5.74) is 1.20. The van der Waals surface area contributed by atoms with E-state index in [-0.39, 0.29) is 12.7 Å². The van der Waals surface area contributed by atoms with E-state index >= 15 is 0 Å². The summed E-state index contributed by atoms with van der Waals surface area (Å²) < 4.78 is 21.9. The summed E-state index contributed by atoms with van der Waals surface area (Å²) >= 11 is 6.18. The number of carbonyl (C=O) groups excluding carboxylic acids is 1. The highest BCUT2D eigenvalue weighted by Gasteiger charge is 2.17. The van der Waals surface area contributed by atoms with Crippen LogP contribution in [0.1, 0.15) is 29.8 Å². The van der Waals surface area contributed by atoms with Crippen molar-refractivity contribution in [3.05, 3.63) is 52.5 Å². The highest BCUT2D eigenvalue weighted by atomic mass is 35.5. The maximum atomic E-state index is 12.2. The van der Waals surface area contributed by atoms with E-state index < -0.39 is 5.97 Å². The van der Waals surface area contributed by atoms with Crippen molar-refractivity contribution in [3.8, 4) is 17.2 Å². The second kappa shape index (κ2) is 7.66. The third-order valence-corrected chi connectivity index (χ3v) is 3.77. The fourth-order valence-electron chi connectivity index (χ4n) is 2.42. The van der Waals surface area contributed by atoms with Crippen molar-refractivity contribution >= 4 is 17.6 Å². The van der Waals surface area contributed by atoms with E-state index in [0.29, 0.717) is 41.0 Å². The number of benzene rings is 2. The minimum atomic E-state index is -0.415. The second-order valence-corrected chi connectivity index (χ2v) is 6.28. The Morgan fingerprint density at radius 1 is 1.16 bits per heavy atom. The first kappa shape index (κ1) is 17.4. The molecule has 0 spiro atoms. The Balaban J connectivity index is 1.63. The average molecular weight is 363 g/mol. The molecule has 0 saturated heterocycles. The standard InChI is InChI=1S/C19H19ClO5/c1-12(2)25-15-5-3-14(4-6-15)19(21)24-11-13-9-16(20)18-17(10-13)22-7-8-23-18/h3-6,9-10,12H,7-8,11H2,1-2H3. The quantitative estimate of drug-likeness (QED) is 0.744. The molecule has 3 rings (SSSR count). The molecule has 2 aromatic rings. The van der Waals surface area contributed by atoms with Crippen LogP contribution in [0.4, 0.5) is 0 Å². The van der Waals surface area contributed by atoms with E-state index in [1.807, 2.05) is 13.8 Å². The Labute approximate surface area is 151 Å².